The molecule has 102 valence electrons. The van der Waals surface area contributed by atoms with Gasteiger partial charge in [0.25, 0.3) is 0 Å². The molecular formula is C14H8BrCl3N2. The summed E-state index contributed by atoms with van der Waals surface area (Å²) in [6, 6.07) is 11.5. The normalized spacial score (nSPS) is 11.2. The number of nitrogens with zero attached hydrogens (tertiary/aromatic N) is 2. The van der Waals surface area contributed by atoms with E-state index in [2.05, 4.69) is 20.9 Å². The predicted molar refractivity (Wildman–Crippen MR) is 88.3 cm³/mol. The van der Waals surface area contributed by atoms with Crippen LogP contribution in [0, 0.1) is 0 Å². The number of imidazole rings is 1. The molecule has 2 nitrogen and oxygen atoms in total. The minimum Gasteiger partial charge on any atom is -0.295 e. The van der Waals surface area contributed by atoms with Crippen molar-refractivity contribution in [2.45, 2.75) is 5.88 Å². The molecule has 0 bridgehead atoms. The van der Waals surface area contributed by atoms with Crippen molar-refractivity contribution in [3.8, 4) is 5.69 Å². The molecule has 1 heterocycles. The molecule has 0 N–H and O–H groups in total. The second kappa shape index (κ2) is 5.57. The van der Waals surface area contributed by atoms with Gasteiger partial charge < -0.3 is 0 Å². The Balaban J connectivity index is 2.35. The molecule has 0 saturated heterocycles. The first-order chi connectivity index (χ1) is 9.60. The average molecular weight is 390 g/mol. The summed E-state index contributed by atoms with van der Waals surface area (Å²) in [6.07, 6.45) is 0. The third-order valence-electron chi connectivity index (χ3n) is 2.95. The maximum atomic E-state index is 6.12. The highest BCUT2D eigenvalue weighted by atomic mass is 79.9. The van der Waals surface area contributed by atoms with Gasteiger partial charge in [0.1, 0.15) is 5.82 Å². The molecule has 0 spiro atoms. The molecule has 0 radical (unpaired) electrons. The van der Waals surface area contributed by atoms with Crippen LogP contribution >= 0.6 is 50.7 Å². The van der Waals surface area contributed by atoms with Gasteiger partial charge in [0, 0.05) is 10.2 Å². The van der Waals surface area contributed by atoms with Gasteiger partial charge in [0.2, 0.25) is 0 Å². The highest BCUT2D eigenvalue weighted by Crippen LogP contribution is 2.31. The molecular weight excluding hydrogens is 382 g/mol. The van der Waals surface area contributed by atoms with Crippen LogP contribution in [0.1, 0.15) is 5.82 Å². The third kappa shape index (κ3) is 2.44. The van der Waals surface area contributed by atoms with Crippen molar-refractivity contribution in [1.29, 1.82) is 0 Å². The summed E-state index contributed by atoms with van der Waals surface area (Å²) in [6.45, 7) is 0. The van der Waals surface area contributed by atoms with Crippen molar-refractivity contribution >= 4 is 61.8 Å². The van der Waals surface area contributed by atoms with Crippen LogP contribution < -0.4 is 0 Å². The average Bonchev–Trinajstić information content (AvgIpc) is 2.77. The van der Waals surface area contributed by atoms with Gasteiger partial charge >= 0.3 is 0 Å². The molecule has 2 aromatic carbocycles. The molecule has 0 fully saturated rings. The van der Waals surface area contributed by atoms with E-state index < -0.39 is 0 Å². The number of benzene rings is 2. The first-order valence-electron chi connectivity index (χ1n) is 5.78. The minimum atomic E-state index is 0.302. The van der Waals surface area contributed by atoms with Gasteiger partial charge in [-0.3, -0.25) is 4.57 Å². The fourth-order valence-electron chi connectivity index (χ4n) is 2.12. The van der Waals surface area contributed by atoms with Crippen molar-refractivity contribution in [2.75, 3.05) is 0 Å². The van der Waals surface area contributed by atoms with Crippen molar-refractivity contribution in [2.24, 2.45) is 0 Å². The first kappa shape index (κ1) is 14.2. The molecule has 20 heavy (non-hydrogen) atoms. The molecule has 3 aromatic rings. The van der Waals surface area contributed by atoms with Gasteiger partial charge in [0.15, 0.2) is 0 Å². The van der Waals surface area contributed by atoms with Gasteiger partial charge in [-0.1, -0.05) is 45.2 Å². The fourth-order valence-corrected chi connectivity index (χ4v) is 3.00. The molecule has 0 aliphatic heterocycles. The Morgan fingerprint density at radius 1 is 1.10 bits per heavy atom. The van der Waals surface area contributed by atoms with E-state index in [1.807, 2.05) is 34.9 Å². The third-order valence-corrected chi connectivity index (χ3v) is 4.41. The largest absolute Gasteiger partial charge is 0.295 e. The van der Waals surface area contributed by atoms with Crippen molar-refractivity contribution in [1.82, 2.24) is 9.55 Å². The van der Waals surface area contributed by atoms with Crippen LogP contribution in [0.25, 0.3) is 16.7 Å². The highest BCUT2D eigenvalue weighted by Gasteiger charge is 2.14. The Bertz CT molecular complexity index is 798. The number of hydrogen-bond acceptors (Lipinski definition) is 1. The van der Waals surface area contributed by atoms with Gasteiger partial charge in [-0.2, -0.15) is 0 Å². The Morgan fingerprint density at radius 2 is 1.85 bits per heavy atom. The number of halogens is 4. The molecule has 6 heteroatoms. The Labute approximate surface area is 139 Å². The second-order valence-corrected chi connectivity index (χ2v) is 6.23. The van der Waals surface area contributed by atoms with E-state index in [9.17, 15) is 0 Å². The van der Waals surface area contributed by atoms with Crippen LogP contribution in [0.3, 0.4) is 0 Å². The molecule has 0 amide bonds. The zero-order valence-corrected chi connectivity index (χ0v) is 13.9. The van der Waals surface area contributed by atoms with Crippen molar-refractivity contribution in [3.63, 3.8) is 0 Å². The van der Waals surface area contributed by atoms with E-state index >= 15 is 0 Å². The standard InChI is InChI=1S/C14H8BrCl3N2/c15-8-2-1-3-9(4-8)20-13-6-11(18)10(17)5-12(13)19-14(20)7-16/h1-6H,7H2. The van der Waals surface area contributed by atoms with E-state index in [0.717, 1.165) is 27.0 Å². The molecule has 0 aliphatic carbocycles. The van der Waals surface area contributed by atoms with E-state index in [1.54, 1.807) is 6.07 Å². The van der Waals surface area contributed by atoms with Crippen LogP contribution in [0.4, 0.5) is 0 Å². The van der Waals surface area contributed by atoms with Crippen LogP contribution in [0.5, 0.6) is 0 Å². The number of hydrogen-bond donors (Lipinski definition) is 0. The quantitative estimate of drug-likeness (QED) is 0.503. The van der Waals surface area contributed by atoms with Crippen LogP contribution in [-0.4, -0.2) is 9.55 Å². The highest BCUT2D eigenvalue weighted by molar-refractivity contribution is 9.10. The van der Waals surface area contributed by atoms with E-state index in [4.69, 9.17) is 34.8 Å². The summed E-state index contributed by atoms with van der Waals surface area (Å²) >= 11 is 21.6. The summed E-state index contributed by atoms with van der Waals surface area (Å²) in [7, 11) is 0. The van der Waals surface area contributed by atoms with Crippen LogP contribution in [0.2, 0.25) is 10.0 Å². The Morgan fingerprint density at radius 3 is 2.55 bits per heavy atom. The smallest absolute Gasteiger partial charge is 0.129 e. The number of alkyl halides is 1. The van der Waals surface area contributed by atoms with Gasteiger partial charge in [0.05, 0.1) is 27.0 Å². The first-order valence-corrected chi connectivity index (χ1v) is 7.87. The number of fused-ring (bicyclic) bond motifs is 1. The lowest BCUT2D eigenvalue weighted by Crippen LogP contribution is -1.99. The lowest BCUT2D eigenvalue weighted by Gasteiger charge is -2.08. The second-order valence-electron chi connectivity index (χ2n) is 4.23. The van der Waals surface area contributed by atoms with Crippen molar-refractivity contribution < 1.29 is 0 Å². The summed E-state index contributed by atoms with van der Waals surface area (Å²) in [5.74, 6) is 1.05. The lowest BCUT2D eigenvalue weighted by molar-refractivity contribution is 0.981. The lowest BCUT2D eigenvalue weighted by atomic mass is 10.2. The van der Waals surface area contributed by atoms with Gasteiger partial charge in [-0.05, 0) is 30.3 Å². The minimum absolute atomic E-state index is 0.302. The van der Waals surface area contributed by atoms with E-state index in [-0.39, 0.29) is 0 Å². The van der Waals surface area contributed by atoms with Crippen molar-refractivity contribution in [3.05, 3.63) is 56.7 Å². The summed E-state index contributed by atoms with van der Waals surface area (Å²) in [5.41, 5.74) is 2.62. The fraction of sp³-hybridized carbons (Fsp3) is 0.0714. The Kier molecular flexibility index (Phi) is 3.95. The van der Waals surface area contributed by atoms with Gasteiger partial charge in [-0.15, -0.1) is 11.6 Å². The molecule has 0 unspecified atom stereocenters. The molecule has 1 aromatic heterocycles. The van der Waals surface area contributed by atoms with E-state index in [0.29, 0.717) is 15.9 Å². The maximum Gasteiger partial charge on any atom is 0.129 e. The predicted octanol–water partition coefficient (Wildman–Crippen LogP) is 5.83. The number of rotatable bonds is 2. The maximum absolute atomic E-state index is 6.12. The number of aromatic nitrogens is 2. The van der Waals surface area contributed by atoms with E-state index in [1.165, 1.54) is 0 Å². The summed E-state index contributed by atoms with van der Waals surface area (Å²) in [5, 5.41) is 0.982. The topological polar surface area (TPSA) is 17.8 Å². The Hall–Kier alpha value is -0.740. The van der Waals surface area contributed by atoms with Gasteiger partial charge in [-0.25, -0.2) is 4.98 Å². The summed E-state index contributed by atoms with van der Waals surface area (Å²) < 4.78 is 2.97. The zero-order valence-electron chi connectivity index (χ0n) is 10.1. The van der Waals surface area contributed by atoms with Crippen LogP contribution in [-0.2, 0) is 5.88 Å². The van der Waals surface area contributed by atoms with Crippen LogP contribution in [0.15, 0.2) is 40.9 Å². The summed E-state index contributed by atoms with van der Waals surface area (Å²) in [4.78, 5) is 4.51. The SMILES string of the molecule is ClCc1nc2cc(Cl)c(Cl)cc2n1-c1cccc(Br)c1. The molecule has 0 saturated carbocycles. The zero-order chi connectivity index (χ0) is 14.3. The molecule has 0 aliphatic rings. The molecule has 3 rings (SSSR count). The molecule has 0 atom stereocenters. The monoisotopic (exact) mass is 388 g/mol.